The third-order valence-electron chi connectivity index (χ3n) is 9.69. The van der Waals surface area contributed by atoms with E-state index < -0.39 is 71.6 Å². The fraction of sp³-hybridized carbons (Fsp3) is 0.788. The Kier molecular flexibility index (Phi) is 14.4. The zero-order chi connectivity index (χ0) is 37.2. The van der Waals surface area contributed by atoms with Crippen LogP contribution in [0.3, 0.4) is 0 Å². The number of hydrogen-bond donors (Lipinski definition) is 3. The maximum atomic E-state index is 14.0. The Morgan fingerprint density at radius 3 is 1.88 bits per heavy atom. The van der Waals surface area contributed by atoms with Gasteiger partial charge in [0.25, 0.3) is 0 Å². The van der Waals surface area contributed by atoms with E-state index in [1.807, 2.05) is 5.32 Å². The van der Waals surface area contributed by atoms with Gasteiger partial charge >= 0.3 is 12.1 Å². The summed E-state index contributed by atoms with van der Waals surface area (Å²) in [5, 5.41) is 7.11. The van der Waals surface area contributed by atoms with E-state index >= 15 is 0 Å². The molecule has 1 unspecified atom stereocenters. The van der Waals surface area contributed by atoms with Crippen LogP contribution in [0.15, 0.2) is 0 Å². The van der Waals surface area contributed by atoms with E-state index in [1.54, 1.807) is 32.6 Å². The van der Waals surface area contributed by atoms with Crippen LogP contribution in [0.1, 0.15) is 85.5 Å². The van der Waals surface area contributed by atoms with Gasteiger partial charge in [0.15, 0.2) is 0 Å². The van der Waals surface area contributed by atoms with Crippen LogP contribution in [0.4, 0.5) is 13.2 Å². The predicted octanol–water partition coefficient (Wildman–Crippen LogP) is 0.935. The van der Waals surface area contributed by atoms with Crippen molar-refractivity contribution in [2.75, 3.05) is 52.4 Å². The molecule has 50 heavy (non-hydrogen) atoms. The molecular formula is C33H52F3N7O7. The van der Waals surface area contributed by atoms with Gasteiger partial charge in [-0.05, 0) is 58.3 Å². The molecule has 0 aromatic heterocycles. The molecule has 0 aromatic rings. The van der Waals surface area contributed by atoms with Gasteiger partial charge in [-0.2, -0.15) is 13.2 Å². The van der Waals surface area contributed by atoms with Crippen molar-refractivity contribution in [2.45, 2.75) is 109 Å². The summed E-state index contributed by atoms with van der Waals surface area (Å²) in [7, 11) is 0. The fourth-order valence-corrected chi connectivity index (χ4v) is 6.98. The number of likely N-dealkylation sites (tertiary alicyclic amines) is 2. The van der Waals surface area contributed by atoms with Crippen molar-refractivity contribution < 1.29 is 46.7 Å². The van der Waals surface area contributed by atoms with E-state index in [0.29, 0.717) is 39.0 Å². The molecule has 2 aliphatic heterocycles. The maximum absolute atomic E-state index is 14.0. The molecule has 0 aromatic carbocycles. The Balaban J connectivity index is 1.78. The third kappa shape index (κ3) is 10.3. The monoisotopic (exact) mass is 715 g/mol. The van der Waals surface area contributed by atoms with Crippen LogP contribution in [0.5, 0.6) is 0 Å². The molecule has 3 aliphatic rings. The van der Waals surface area contributed by atoms with Crippen LogP contribution in [0, 0.1) is 5.92 Å². The largest absolute Gasteiger partial charge is 0.471 e. The highest BCUT2D eigenvalue weighted by atomic mass is 19.4. The summed E-state index contributed by atoms with van der Waals surface area (Å²) in [5.74, 6) is -6.31. The van der Waals surface area contributed by atoms with Gasteiger partial charge in [0.05, 0.1) is 19.5 Å². The number of rotatable bonds is 15. The average Bonchev–Trinajstić information content (AvgIpc) is 3.87. The number of carbonyl (C=O) groups is 7. The SMILES string of the molecule is CCN(CC(=O)NCC(=O)N1CCCC1)C(=O)C[C@H](NC(=O)C(C(C)C)N(CC)C(=O)C1(NC(=O)C(F)(F)F)CCCC1)C(=O)N1CCCC1. The molecule has 3 N–H and O–H groups in total. The van der Waals surface area contributed by atoms with Gasteiger partial charge < -0.3 is 35.6 Å². The average molecular weight is 716 g/mol. The summed E-state index contributed by atoms with van der Waals surface area (Å²) in [4.78, 5) is 97.7. The minimum Gasteiger partial charge on any atom is -0.345 e. The number of nitrogens with one attached hydrogen (secondary N) is 3. The molecule has 3 fully saturated rings. The summed E-state index contributed by atoms with van der Waals surface area (Å²) in [6.45, 7) is 8.02. The molecule has 2 heterocycles. The van der Waals surface area contributed by atoms with E-state index in [4.69, 9.17) is 0 Å². The van der Waals surface area contributed by atoms with Crippen LogP contribution in [-0.4, -0.2) is 137 Å². The smallest absolute Gasteiger partial charge is 0.345 e. The second-order valence-electron chi connectivity index (χ2n) is 13.6. The lowest BCUT2D eigenvalue weighted by Gasteiger charge is -2.40. The second kappa shape index (κ2) is 17.8. The van der Waals surface area contributed by atoms with Gasteiger partial charge in [0.1, 0.15) is 17.6 Å². The highest BCUT2D eigenvalue weighted by Crippen LogP contribution is 2.34. The Morgan fingerprint density at radius 2 is 1.38 bits per heavy atom. The predicted molar refractivity (Wildman–Crippen MR) is 175 cm³/mol. The van der Waals surface area contributed by atoms with Gasteiger partial charge in [-0.25, -0.2) is 0 Å². The van der Waals surface area contributed by atoms with Gasteiger partial charge in [-0.15, -0.1) is 0 Å². The number of likely N-dealkylation sites (N-methyl/N-ethyl adjacent to an activating group) is 2. The highest BCUT2D eigenvalue weighted by Gasteiger charge is 2.51. The fourth-order valence-electron chi connectivity index (χ4n) is 6.98. The molecule has 7 amide bonds. The zero-order valence-electron chi connectivity index (χ0n) is 29.5. The van der Waals surface area contributed by atoms with Crippen LogP contribution in [0.25, 0.3) is 0 Å². The molecule has 282 valence electrons. The first kappa shape index (κ1) is 40.5. The first-order chi connectivity index (χ1) is 23.5. The summed E-state index contributed by atoms with van der Waals surface area (Å²) in [6, 6.07) is -2.61. The molecule has 0 spiro atoms. The number of amides is 7. The lowest BCUT2D eigenvalue weighted by atomic mass is 9.92. The van der Waals surface area contributed by atoms with Crippen molar-refractivity contribution in [3.8, 4) is 0 Å². The lowest BCUT2D eigenvalue weighted by molar-refractivity contribution is -0.177. The number of nitrogens with zero attached hydrogens (tertiary/aromatic N) is 4. The molecule has 1 aliphatic carbocycles. The van der Waals surface area contributed by atoms with Crippen LogP contribution < -0.4 is 16.0 Å². The minimum atomic E-state index is -5.21. The summed E-state index contributed by atoms with van der Waals surface area (Å²) < 4.78 is 39.8. The van der Waals surface area contributed by atoms with Crippen LogP contribution >= 0.6 is 0 Å². The van der Waals surface area contributed by atoms with Gasteiger partial charge in [0.2, 0.25) is 35.4 Å². The van der Waals surface area contributed by atoms with E-state index in [2.05, 4.69) is 10.6 Å². The van der Waals surface area contributed by atoms with Crippen molar-refractivity contribution in [3.05, 3.63) is 0 Å². The highest BCUT2D eigenvalue weighted by molar-refractivity contribution is 5.98. The molecule has 2 atom stereocenters. The van der Waals surface area contributed by atoms with Gasteiger partial charge in [-0.3, -0.25) is 33.6 Å². The van der Waals surface area contributed by atoms with Crippen LogP contribution in [-0.2, 0) is 33.6 Å². The minimum absolute atomic E-state index is 0.0337. The first-order valence-corrected chi connectivity index (χ1v) is 17.7. The summed E-state index contributed by atoms with van der Waals surface area (Å²) in [6.07, 6.45) is -1.71. The number of alkyl halides is 3. The van der Waals surface area contributed by atoms with E-state index in [0.717, 1.165) is 30.6 Å². The third-order valence-corrected chi connectivity index (χ3v) is 9.69. The van der Waals surface area contributed by atoms with Gasteiger partial charge in [-0.1, -0.05) is 26.7 Å². The summed E-state index contributed by atoms with van der Waals surface area (Å²) in [5.41, 5.74) is -1.85. The molecule has 17 heteroatoms. The van der Waals surface area contributed by atoms with Crippen molar-refractivity contribution in [1.29, 1.82) is 0 Å². The lowest BCUT2D eigenvalue weighted by Crippen LogP contribution is -2.65. The number of hydrogen-bond acceptors (Lipinski definition) is 7. The number of halogens is 3. The molecule has 14 nitrogen and oxygen atoms in total. The molecular weight excluding hydrogens is 663 g/mol. The zero-order valence-corrected chi connectivity index (χ0v) is 29.5. The van der Waals surface area contributed by atoms with Crippen molar-refractivity contribution in [2.24, 2.45) is 5.92 Å². The van der Waals surface area contributed by atoms with Crippen LogP contribution in [0.2, 0.25) is 0 Å². The van der Waals surface area contributed by atoms with Crippen molar-refractivity contribution >= 4 is 41.4 Å². The van der Waals surface area contributed by atoms with E-state index in [1.165, 1.54) is 9.80 Å². The van der Waals surface area contributed by atoms with E-state index in [-0.39, 0.29) is 44.9 Å². The Hall–Kier alpha value is -3.92. The summed E-state index contributed by atoms with van der Waals surface area (Å²) >= 11 is 0. The Morgan fingerprint density at radius 1 is 0.820 bits per heavy atom. The molecule has 2 saturated heterocycles. The Bertz CT molecular complexity index is 1260. The Labute approximate surface area is 291 Å². The quantitative estimate of drug-likeness (QED) is 0.227. The molecule has 0 bridgehead atoms. The van der Waals surface area contributed by atoms with Gasteiger partial charge in [0, 0.05) is 39.3 Å². The van der Waals surface area contributed by atoms with Crippen molar-refractivity contribution in [1.82, 2.24) is 35.6 Å². The van der Waals surface area contributed by atoms with E-state index in [9.17, 15) is 46.7 Å². The standard InChI is InChI=1S/C33H52F3N7O7/c1-5-40(21-24(44)37-20-26(46)41-15-9-10-16-41)25(45)19-23(29(48)42-17-11-12-18-42)38-28(47)27(22(3)4)43(6-2)31(50)32(13-7-8-14-32)39-30(49)33(34,35)36/h22-23,27H,5-21H2,1-4H3,(H,37,44)(H,38,47)(H,39,49)/t23-,27?/m0/s1. The maximum Gasteiger partial charge on any atom is 0.471 e. The second-order valence-corrected chi connectivity index (χ2v) is 13.6. The van der Waals surface area contributed by atoms with Crippen molar-refractivity contribution in [3.63, 3.8) is 0 Å². The molecule has 1 saturated carbocycles. The number of carbonyl (C=O) groups excluding carboxylic acids is 7. The molecule has 0 radical (unpaired) electrons. The topological polar surface area (TPSA) is 169 Å². The normalized spacial score (nSPS) is 18.4. The molecule has 3 rings (SSSR count). The first-order valence-electron chi connectivity index (χ1n) is 17.7.